The Morgan fingerprint density at radius 2 is 1.93 bits per heavy atom. The molecular formula is C19H20F3N3O4. The monoisotopic (exact) mass is 411 g/mol. The van der Waals surface area contributed by atoms with Crippen LogP contribution in [0.5, 0.6) is 5.75 Å². The van der Waals surface area contributed by atoms with Gasteiger partial charge in [0.15, 0.2) is 5.82 Å². The van der Waals surface area contributed by atoms with E-state index < -0.39 is 23.6 Å². The molecule has 0 bridgehead atoms. The van der Waals surface area contributed by atoms with Gasteiger partial charge in [0.2, 0.25) is 0 Å². The van der Waals surface area contributed by atoms with Crippen molar-refractivity contribution in [2.24, 2.45) is 0 Å². The van der Waals surface area contributed by atoms with Gasteiger partial charge in [0.05, 0.1) is 37.5 Å². The smallest absolute Gasteiger partial charge is 0.416 e. The van der Waals surface area contributed by atoms with Gasteiger partial charge in [0, 0.05) is 23.3 Å². The number of nitrogens with zero attached hydrogens (tertiary/aromatic N) is 2. The lowest BCUT2D eigenvalue weighted by atomic mass is 9.96. The normalized spacial score (nSPS) is 22.2. The second-order valence-corrected chi connectivity index (χ2v) is 7.07. The number of aromatic hydroxyl groups is 1. The highest BCUT2D eigenvalue weighted by molar-refractivity contribution is 5.73. The largest absolute Gasteiger partial charge is 0.507 e. The molecule has 1 aromatic carbocycles. The van der Waals surface area contributed by atoms with Crippen molar-refractivity contribution in [3.63, 3.8) is 0 Å². The van der Waals surface area contributed by atoms with E-state index >= 15 is 0 Å². The molecule has 0 radical (unpaired) electrons. The fraction of sp³-hybridized carbons (Fsp3) is 0.474. The molecule has 2 aliphatic rings. The summed E-state index contributed by atoms with van der Waals surface area (Å²) in [4.78, 5) is 0. The number of fused-ring (bicyclic) bond motifs is 1. The number of phenols is 1. The van der Waals surface area contributed by atoms with Crippen molar-refractivity contribution in [3.05, 3.63) is 34.9 Å². The lowest BCUT2D eigenvalue weighted by molar-refractivity contribution is -0.137. The number of aliphatic hydroxyl groups is 1. The van der Waals surface area contributed by atoms with E-state index in [9.17, 15) is 23.4 Å². The van der Waals surface area contributed by atoms with Crippen LogP contribution in [0.3, 0.4) is 0 Å². The van der Waals surface area contributed by atoms with Gasteiger partial charge in [-0.1, -0.05) is 0 Å². The maximum atomic E-state index is 12.9. The Labute approximate surface area is 164 Å². The number of benzene rings is 1. The first-order valence-electron chi connectivity index (χ1n) is 9.23. The summed E-state index contributed by atoms with van der Waals surface area (Å²) < 4.78 is 49.4. The zero-order valence-electron chi connectivity index (χ0n) is 15.4. The molecule has 10 heteroatoms. The van der Waals surface area contributed by atoms with Crippen LogP contribution in [0.15, 0.2) is 18.2 Å². The first-order valence-corrected chi connectivity index (χ1v) is 9.23. The lowest BCUT2D eigenvalue weighted by Gasteiger charge is -2.30. The van der Waals surface area contributed by atoms with Crippen LogP contribution in [0.25, 0.3) is 11.3 Å². The van der Waals surface area contributed by atoms with E-state index in [0.29, 0.717) is 43.5 Å². The third-order valence-electron chi connectivity index (χ3n) is 5.16. The summed E-state index contributed by atoms with van der Waals surface area (Å²) in [5.41, 5.74) is 0.974. The molecular weight excluding hydrogens is 391 g/mol. The van der Waals surface area contributed by atoms with E-state index in [1.54, 1.807) is 0 Å². The number of alkyl halides is 3. The number of aromatic nitrogens is 2. The van der Waals surface area contributed by atoms with E-state index in [0.717, 1.165) is 11.6 Å². The maximum Gasteiger partial charge on any atom is 0.416 e. The van der Waals surface area contributed by atoms with E-state index in [1.807, 2.05) is 0 Å². The molecule has 0 aliphatic carbocycles. The highest BCUT2D eigenvalue weighted by Crippen LogP contribution is 2.39. The third-order valence-corrected chi connectivity index (χ3v) is 5.16. The van der Waals surface area contributed by atoms with E-state index in [4.69, 9.17) is 9.47 Å². The van der Waals surface area contributed by atoms with Gasteiger partial charge in [-0.2, -0.15) is 13.2 Å². The maximum absolute atomic E-state index is 12.9. The SMILES string of the molecule is Oc1cc(C(F)(F)F)ccc1-c1nnc(N[C@@H]2CCOC[C@H]2O)c2c1COCC2. The molecule has 7 nitrogen and oxygen atoms in total. The fourth-order valence-corrected chi connectivity index (χ4v) is 3.59. The van der Waals surface area contributed by atoms with E-state index in [1.165, 1.54) is 6.07 Å². The van der Waals surface area contributed by atoms with Gasteiger partial charge < -0.3 is 25.0 Å². The minimum absolute atomic E-state index is 0.157. The number of hydrogen-bond donors (Lipinski definition) is 3. The van der Waals surface area contributed by atoms with Crippen LogP contribution >= 0.6 is 0 Å². The summed E-state index contributed by atoms with van der Waals surface area (Å²) in [6.45, 7) is 1.41. The number of aliphatic hydroxyl groups excluding tert-OH is 1. The van der Waals surface area contributed by atoms with E-state index in [2.05, 4.69) is 15.5 Å². The highest BCUT2D eigenvalue weighted by atomic mass is 19.4. The van der Waals surface area contributed by atoms with Gasteiger partial charge in [0.1, 0.15) is 11.4 Å². The van der Waals surface area contributed by atoms with Gasteiger partial charge in [-0.3, -0.25) is 0 Å². The van der Waals surface area contributed by atoms with Crippen LogP contribution in [0.1, 0.15) is 23.1 Å². The van der Waals surface area contributed by atoms with Crippen molar-refractivity contribution in [1.82, 2.24) is 10.2 Å². The standard InChI is InChI=1S/C19H20F3N3O4/c20-19(21,22)10-1-2-12(15(26)7-10)17-13-8-28-5-3-11(13)18(25-24-17)23-14-4-6-29-9-16(14)27/h1-2,7,14,16,26-27H,3-6,8-9H2,(H,23,25)/t14-,16-/m1/s1. The predicted molar refractivity (Wildman–Crippen MR) is 96.3 cm³/mol. The fourth-order valence-electron chi connectivity index (χ4n) is 3.59. The molecule has 0 spiro atoms. The number of ether oxygens (including phenoxy) is 2. The molecule has 2 aromatic rings. The molecule has 1 aromatic heterocycles. The summed E-state index contributed by atoms with van der Waals surface area (Å²) in [5, 5.41) is 31.9. The molecule has 3 heterocycles. The lowest BCUT2D eigenvalue weighted by Crippen LogP contribution is -2.42. The Hall–Kier alpha value is -2.43. The second kappa shape index (κ2) is 7.77. The average molecular weight is 411 g/mol. The van der Waals surface area contributed by atoms with Crippen LogP contribution in [-0.2, 0) is 28.7 Å². The summed E-state index contributed by atoms with van der Waals surface area (Å²) in [7, 11) is 0. The summed E-state index contributed by atoms with van der Waals surface area (Å²) in [6, 6.07) is 2.52. The first kappa shape index (κ1) is 19.9. The number of anilines is 1. The van der Waals surface area contributed by atoms with Crippen molar-refractivity contribution >= 4 is 5.82 Å². The van der Waals surface area contributed by atoms with Crippen LogP contribution in [0.2, 0.25) is 0 Å². The zero-order chi connectivity index (χ0) is 20.6. The summed E-state index contributed by atoms with van der Waals surface area (Å²) in [5.74, 6) is -0.0214. The van der Waals surface area contributed by atoms with Gasteiger partial charge >= 0.3 is 6.18 Å². The third kappa shape index (κ3) is 4.00. The molecule has 29 heavy (non-hydrogen) atoms. The Morgan fingerprint density at radius 1 is 1.10 bits per heavy atom. The molecule has 0 saturated carbocycles. The quantitative estimate of drug-likeness (QED) is 0.714. The van der Waals surface area contributed by atoms with Crippen molar-refractivity contribution < 1.29 is 32.9 Å². The van der Waals surface area contributed by atoms with Crippen LogP contribution < -0.4 is 5.32 Å². The van der Waals surface area contributed by atoms with Gasteiger partial charge in [-0.05, 0) is 31.0 Å². The van der Waals surface area contributed by atoms with Crippen molar-refractivity contribution in [1.29, 1.82) is 0 Å². The predicted octanol–water partition coefficient (Wildman–Crippen LogP) is 2.50. The number of nitrogens with one attached hydrogen (secondary N) is 1. The van der Waals surface area contributed by atoms with Crippen molar-refractivity contribution in [2.75, 3.05) is 25.1 Å². The van der Waals surface area contributed by atoms with Crippen LogP contribution in [0.4, 0.5) is 19.0 Å². The first-order chi connectivity index (χ1) is 13.8. The summed E-state index contributed by atoms with van der Waals surface area (Å²) >= 11 is 0. The highest BCUT2D eigenvalue weighted by Gasteiger charge is 2.32. The Kier molecular flexibility index (Phi) is 5.32. The zero-order valence-corrected chi connectivity index (χ0v) is 15.4. The van der Waals surface area contributed by atoms with Gasteiger partial charge in [-0.25, -0.2) is 0 Å². The molecule has 1 fully saturated rings. The minimum Gasteiger partial charge on any atom is -0.507 e. The number of rotatable bonds is 3. The Morgan fingerprint density at radius 3 is 2.66 bits per heavy atom. The molecule has 1 saturated heterocycles. The van der Waals surface area contributed by atoms with Gasteiger partial charge in [-0.15, -0.1) is 10.2 Å². The molecule has 0 amide bonds. The van der Waals surface area contributed by atoms with Crippen molar-refractivity contribution in [2.45, 2.75) is 37.8 Å². The molecule has 2 atom stereocenters. The Bertz CT molecular complexity index is 907. The average Bonchev–Trinajstić information content (AvgIpc) is 2.69. The molecule has 2 aliphatic heterocycles. The Balaban J connectivity index is 1.71. The van der Waals surface area contributed by atoms with E-state index in [-0.39, 0.29) is 30.5 Å². The number of halogens is 3. The summed E-state index contributed by atoms with van der Waals surface area (Å²) in [6.07, 6.45) is -4.10. The van der Waals surface area contributed by atoms with Crippen molar-refractivity contribution in [3.8, 4) is 17.0 Å². The molecule has 4 rings (SSSR count). The second-order valence-electron chi connectivity index (χ2n) is 7.07. The van der Waals surface area contributed by atoms with Crippen LogP contribution in [-0.4, -0.2) is 52.4 Å². The molecule has 156 valence electrons. The topological polar surface area (TPSA) is 96.7 Å². The number of hydrogen-bond acceptors (Lipinski definition) is 7. The molecule has 0 unspecified atom stereocenters. The minimum atomic E-state index is -4.55. The number of phenolic OH excluding ortho intramolecular Hbond substituents is 1. The molecule has 3 N–H and O–H groups in total. The van der Waals surface area contributed by atoms with Gasteiger partial charge in [0.25, 0.3) is 0 Å². The van der Waals surface area contributed by atoms with Crippen LogP contribution in [0, 0.1) is 0 Å².